The van der Waals surface area contributed by atoms with Crippen molar-refractivity contribution >= 4 is 16.1 Å². The first kappa shape index (κ1) is 29.1. The van der Waals surface area contributed by atoms with Crippen LogP contribution in [0.1, 0.15) is 55.0 Å². The smallest absolute Gasteiger partial charge is 0.377 e. The lowest BCUT2D eigenvalue weighted by molar-refractivity contribution is -0.137. The molecule has 2 aromatic carbocycles. The van der Waals surface area contributed by atoms with Crippen molar-refractivity contribution < 1.29 is 30.7 Å². The second kappa shape index (κ2) is 10.9. The molecule has 6 nitrogen and oxygen atoms in total. The van der Waals surface area contributed by atoms with E-state index in [2.05, 4.69) is 18.1 Å². The first-order valence-corrected chi connectivity index (χ1v) is 15.8. The Balaban J connectivity index is 1.26. The number of halogens is 4. The van der Waals surface area contributed by atoms with Crippen molar-refractivity contribution in [2.45, 2.75) is 57.1 Å². The van der Waals surface area contributed by atoms with Crippen LogP contribution in [0, 0.1) is 17.2 Å². The van der Waals surface area contributed by atoms with Gasteiger partial charge >= 0.3 is 6.18 Å². The number of hydrogen-bond acceptors (Lipinski definition) is 4. The average Bonchev–Trinajstić information content (AvgIpc) is 3.66. The summed E-state index contributed by atoms with van der Waals surface area (Å²) in [6, 6.07) is 10.7. The van der Waals surface area contributed by atoms with E-state index < -0.39 is 27.5 Å². The second-order valence-electron chi connectivity index (χ2n) is 11.8. The Bertz CT molecular complexity index is 1590. The maximum Gasteiger partial charge on any atom is 0.416 e. The Kier molecular flexibility index (Phi) is 7.55. The molecule has 3 aromatic rings. The molecule has 1 saturated heterocycles. The van der Waals surface area contributed by atoms with Crippen LogP contribution in [0.4, 0.5) is 17.6 Å². The highest BCUT2D eigenvalue weighted by atomic mass is 32.2. The molecule has 0 N–H and O–H groups in total. The number of alkyl halides is 3. The molecule has 6 rings (SSSR count). The molecule has 3 aliphatic rings. The highest BCUT2D eigenvalue weighted by molar-refractivity contribution is 7.88. The van der Waals surface area contributed by atoms with Crippen LogP contribution in [-0.4, -0.2) is 48.3 Å². The molecule has 1 aromatic heterocycles. The fourth-order valence-corrected chi connectivity index (χ4v) is 8.30. The maximum atomic E-state index is 13.8. The third-order valence-electron chi connectivity index (χ3n) is 9.07. The first-order chi connectivity index (χ1) is 19.9. The third kappa shape index (κ3) is 5.66. The highest BCUT2D eigenvalue weighted by Crippen LogP contribution is 2.53. The number of benzene rings is 2. The van der Waals surface area contributed by atoms with Crippen molar-refractivity contribution in [1.82, 2.24) is 14.1 Å². The van der Waals surface area contributed by atoms with Crippen molar-refractivity contribution in [3.63, 3.8) is 0 Å². The molecule has 2 fully saturated rings. The summed E-state index contributed by atoms with van der Waals surface area (Å²) in [7, 11) is -3.95. The molecule has 0 amide bonds. The summed E-state index contributed by atoms with van der Waals surface area (Å²) in [4.78, 5) is 0. The molecule has 0 spiro atoms. The highest BCUT2D eigenvalue weighted by Gasteiger charge is 2.47. The molecule has 11 heteroatoms. The number of rotatable bonds is 8. The van der Waals surface area contributed by atoms with E-state index in [1.165, 1.54) is 34.1 Å². The van der Waals surface area contributed by atoms with Crippen molar-refractivity contribution in [3.05, 3.63) is 88.5 Å². The predicted molar refractivity (Wildman–Crippen MR) is 151 cm³/mol. The molecular weight excluding hydrogens is 570 g/mol. The first-order valence-electron chi connectivity index (χ1n) is 14.2. The van der Waals surface area contributed by atoms with Gasteiger partial charge in [0.1, 0.15) is 5.82 Å². The van der Waals surface area contributed by atoms with E-state index in [1.807, 2.05) is 6.20 Å². The van der Waals surface area contributed by atoms with Crippen LogP contribution in [0.25, 0.3) is 11.8 Å². The number of hydrogen-bond donors (Lipinski definition) is 0. The molecule has 224 valence electrons. The van der Waals surface area contributed by atoms with E-state index in [9.17, 15) is 26.0 Å². The number of sulfonamides is 1. The molecule has 1 unspecified atom stereocenters. The van der Waals surface area contributed by atoms with Gasteiger partial charge in [0.15, 0.2) is 0 Å². The van der Waals surface area contributed by atoms with Crippen molar-refractivity contribution in [2.75, 3.05) is 19.7 Å². The van der Waals surface area contributed by atoms with Crippen LogP contribution in [0.3, 0.4) is 0 Å². The minimum atomic E-state index is -4.55. The lowest BCUT2D eigenvalue weighted by atomic mass is 9.70. The second-order valence-corrected chi connectivity index (χ2v) is 13.8. The van der Waals surface area contributed by atoms with Gasteiger partial charge in [-0.25, -0.2) is 17.5 Å². The molecule has 2 aliphatic carbocycles. The lowest BCUT2D eigenvalue weighted by Gasteiger charge is -2.38. The summed E-state index contributed by atoms with van der Waals surface area (Å²) >= 11 is 0. The Labute approximate surface area is 243 Å². The van der Waals surface area contributed by atoms with Gasteiger partial charge in [-0.2, -0.15) is 22.6 Å². The Morgan fingerprint density at radius 1 is 1.12 bits per heavy atom. The summed E-state index contributed by atoms with van der Waals surface area (Å²) in [5.41, 5.74) is 2.91. The predicted octanol–water partition coefficient (Wildman–Crippen LogP) is 6.40. The van der Waals surface area contributed by atoms with Crippen LogP contribution < -0.4 is 0 Å². The van der Waals surface area contributed by atoms with Gasteiger partial charge in [0.25, 0.3) is 0 Å². The molecule has 0 bridgehead atoms. The van der Waals surface area contributed by atoms with E-state index in [4.69, 9.17) is 4.74 Å². The van der Waals surface area contributed by atoms with Crippen LogP contribution in [0.2, 0.25) is 0 Å². The summed E-state index contributed by atoms with van der Waals surface area (Å²) in [5.74, 6) is -0.826. The molecular formula is C31H33F4N3O3S. The Hall–Kier alpha value is -3.02. The average molecular weight is 604 g/mol. The van der Waals surface area contributed by atoms with Gasteiger partial charge in [0.2, 0.25) is 10.0 Å². The van der Waals surface area contributed by atoms with Gasteiger partial charge in [-0.05, 0) is 91.0 Å². The Morgan fingerprint density at radius 3 is 2.62 bits per heavy atom. The van der Waals surface area contributed by atoms with E-state index in [-0.39, 0.29) is 41.9 Å². The van der Waals surface area contributed by atoms with Crippen molar-refractivity contribution in [1.29, 1.82) is 0 Å². The van der Waals surface area contributed by atoms with E-state index in [1.54, 1.807) is 16.8 Å². The fourth-order valence-electron chi connectivity index (χ4n) is 6.72. The molecule has 2 heterocycles. The normalized spacial score (nSPS) is 24.1. The molecule has 3 atom stereocenters. The van der Waals surface area contributed by atoms with E-state index in [0.717, 1.165) is 54.8 Å². The van der Waals surface area contributed by atoms with Crippen LogP contribution in [-0.2, 0) is 33.1 Å². The zero-order chi connectivity index (χ0) is 29.7. The van der Waals surface area contributed by atoms with Crippen LogP contribution in [0.15, 0.2) is 60.3 Å². The van der Waals surface area contributed by atoms with Gasteiger partial charge in [-0.1, -0.05) is 30.7 Å². The van der Waals surface area contributed by atoms with Crippen LogP contribution in [0.5, 0.6) is 0 Å². The standard InChI is InChI=1S/C31H33F4N3O3S/c1-30-16-22-17-36-38(27-11-9-26(32)10-12-27)29(22)15-23(30)7-8-25(30)18-37(19-28-6-3-13-41-28)42(39,40)20-21-4-2-5-24(14-21)31(33,34)35/h2,4-5,9-12,14-15,17,25,28H,3,6-8,13,16,18-20H2,1H3/t25-,28?,30+/m1/s1. The largest absolute Gasteiger partial charge is 0.416 e. The van der Waals surface area contributed by atoms with E-state index >= 15 is 0 Å². The molecule has 1 aliphatic heterocycles. The lowest BCUT2D eigenvalue weighted by Crippen LogP contribution is -2.44. The summed E-state index contributed by atoms with van der Waals surface area (Å²) < 4.78 is 90.1. The van der Waals surface area contributed by atoms with Gasteiger partial charge in [0, 0.05) is 19.7 Å². The summed E-state index contributed by atoms with van der Waals surface area (Å²) in [6.45, 7) is 3.18. The minimum absolute atomic E-state index is 0.00348. The quantitative estimate of drug-likeness (QED) is 0.280. The molecule has 1 saturated carbocycles. The zero-order valence-corrected chi connectivity index (χ0v) is 24.1. The molecule has 42 heavy (non-hydrogen) atoms. The van der Waals surface area contributed by atoms with Gasteiger partial charge < -0.3 is 4.74 Å². The fraction of sp³-hybridized carbons (Fsp3) is 0.452. The monoisotopic (exact) mass is 603 g/mol. The number of aromatic nitrogens is 2. The third-order valence-corrected chi connectivity index (χ3v) is 10.9. The van der Waals surface area contributed by atoms with Crippen LogP contribution >= 0.6 is 0 Å². The summed E-state index contributed by atoms with van der Waals surface area (Å²) in [5, 5.41) is 4.57. The topological polar surface area (TPSA) is 64.4 Å². The van der Waals surface area contributed by atoms with Gasteiger partial charge in [-0.15, -0.1) is 0 Å². The number of ether oxygens (including phenoxy) is 1. The summed E-state index contributed by atoms with van der Waals surface area (Å²) in [6.07, 6.45) is 3.03. The zero-order valence-electron chi connectivity index (χ0n) is 23.3. The van der Waals surface area contributed by atoms with Gasteiger partial charge in [-0.3, -0.25) is 0 Å². The van der Waals surface area contributed by atoms with E-state index in [0.29, 0.717) is 13.0 Å². The van der Waals surface area contributed by atoms with Crippen molar-refractivity contribution in [3.8, 4) is 5.69 Å². The Morgan fingerprint density at radius 2 is 1.90 bits per heavy atom. The SMILES string of the molecule is C[C@]12Cc3cnn(-c4ccc(F)cc4)c3C=C1CC[C@@H]2CN(CC1CCCO1)S(=O)(=O)Cc1cccc(C(F)(F)F)c1. The van der Waals surface area contributed by atoms with Gasteiger partial charge in [0.05, 0.1) is 35.0 Å². The van der Waals surface area contributed by atoms with Crippen molar-refractivity contribution in [2.24, 2.45) is 11.3 Å². The molecule has 0 radical (unpaired) electrons. The number of fused-ring (bicyclic) bond motifs is 2. The number of allylic oxidation sites excluding steroid dienone is 1. The maximum absolute atomic E-state index is 13.8. The minimum Gasteiger partial charge on any atom is -0.377 e. The number of nitrogens with zero attached hydrogens (tertiary/aromatic N) is 3.